The third kappa shape index (κ3) is 9.28. The summed E-state index contributed by atoms with van der Waals surface area (Å²) in [6.07, 6.45) is -4.76. The Balaban J connectivity index is 2.16. The highest BCUT2D eigenvalue weighted by Crippen LogP contribution is 2.38. The first-order valence-electron chi connectivity index (χ1n) is 13.9. The van der Waals surface area contributed by atoms with Gasteiger partial charge in [0.25, 0.3) is 10.0 Å². The molecule has 244 valence electrons. The average molecular weight is 707 g/mol. The molecule has 0 unspecified atom stereocenters. The Kier molecular flexibility index (Phi) is 12.2. The molecule has 1 atom stereocenters. The average Bonchev–Trinajstić information content (AvgIpc) is 2.95. The summed E-state index contributed by atoms with van der Waals surface area (Å²) >= 11 is 18.3. The molecule has 0 aliphatic heterocycles. The third-order valence-electron chi connectivity index (χ3n) is 6.86. The number of aryl methyl sites for hydroxylation is 1. The summed E-state index contributed by atoms with van der Waals surface area (Å²) in [4.78, 5) is 28.4. The Morgan fingerprint density at radius 3 is 2.13 bits per heavy atom. The minimum atomic E-state index is -4.91. The van der Waals surface area contributed by atoms with Crippen molar-refractivity contribution in [3.63, 3.8) is 0 Å². The highest BCUT2D eigenvalue weighted by atomic mass is 35.5. The van der Waals surface area contributed by atoms with Crippen LogP contribution >= 0.6 is 34.8 Å². The van der Waals surface area contributed by atoms with Gasteiger partial charge in [-0.2, -0.15) is 13.2 Å². The van der Waals surface area contributed by atoms with E-state index in [1.807, 2.05) is 13.8 Å². The maximum Gasteiger partial charge on any atom is 0.417 e. The van der Waals surface area contributed by atoms with Crippen LogP contribution in [0, 0.1) is 12.8 Å². The Morgan fingerprint density at radius 1 is 0.933 bits per heavy atom. The quantitative estimate of drug-likeness (QED) is 0.209. The molecule has 0 aliphatic carbocycles. The van der Waals surface area contributed by atoms with Gasteiger partial charge < -0.3 is 10.2 Å². The number of amides is 2. The number of carbonyl (C=O) groups is 2. The SMILES string of the molecule is CC[C@@H](C(=O)NCC(C)C)N(Cc1ccc(Cl)cc1Cl)C(=O)CN(c1ccc(Cl)c(C(F)(F)F)c1)S(=O)(=O)c1ccc(C)cc1. The van der Waals surface area contributed by atoms with Crippen LogP contribution in [0.5, 0.6) is 0 Å². The minimum absolute atomic E-state index is 0.101. The Morgan fingerprint density at radius 2 is 1.58 bits per heavy atom. The number of halogens is 6. The predicted molar refractivity (Wildman–Crippen MR) is 171 cm³/mol. The van der Waals surface area contributed by atoms with Crippen LogP contribution in [0.4, 0.5) is 18.9 Å². The lowest BCUT2D eigenvalue weighted by molar-refractivity contribution is -0.140. The molecular formula is C31H33Cl3F3N3O4S. The molecule has 0 fully saturated rings. The van der Waals surface area contributed by atoms with E-state index in [0.717, 1.165) is 17.7 Å². The molecule has 7 nitrogen and oxygen atoms in total. The predicted octanol–water partition coefficient (Wildman–Crippen LogP) is 7.75. The van der Waals surface area contributed by atoms with Crippen molar-refractivity contribution in [1.82, 2.24) is 10.2 Å². The zero-order valence-corrected chi connectivity index (χ0v) is 28.0. The van der Waals surface area contributed by atoms with Crippen molar-refractivity contribution in [2.24, 2.45) is 5.92 Å². The number of sulfonamides is 1. The van der Waals surface area contributed by atoms with Crippen LogP contribution in [0.15, 0.2) is 65.6 Å². The summed E-state index contributed by atoms with van der Waals surface area (Å²) in [5.41, 5.74) is -0.556. The van der Waals surface area contributed by atoms with Crippen molar-refractivity contribution in [1.29, 1.82) is 0 Å². The number of anilines is 1. The second kappa shape index (κ2) is 15.1. The van der Waals surface area contributed by atoms with Crippen molar-refractivity contribution in [3.05, 3.63) is 92.4 Å². The van der Waals surface area contributed by atoms with E-state index < -0.39 is 56.9 Å². The first-order chi connectivity index (χ1) is 20.9. The lowest BCUT2D eigenvalue weighted by Crippen LogP contribution is -2.52. The molecule has 14 heteroatoms. The molecule has 0 aliphatic rings. The zero-order chi connectivity index (χ0) is 33.7. The van der Waals surface area contributed by atoms with Crippen LogP contribution in [-0.4, -0.2) is 44.3 Å². The number of hydrogen-bond acceptors (Lipinski definition) is 4. The zero-order valence-electron chi connectivity index (χ0n) is 25.0. The van der Waals surface area contributed by atoms with Gasteiger partial charge >= 0.3 is 6.18 Å². The van der Waals surface area contributed by atoms with E-state index in [1.165, 1.54) is 35.2 Å². The standard InChI is InChI=1S/C31H33Cl3F3N3O4S/c1-5-28(30(42)38-16-19(2)3)39(17-21-8-9-22(32)14-27(21)34)29(41)18-40(45(43,44)24-11-6-20(4)7-12-24)23-10-13-26(33)25(15-23)31(35,36)37/h6-15,19,28H,5,16-18H2,1-4H3,(H,38,42)/t28-/m0/s1. The number of carbonyl (C=O) groups excluding carboxylic acids is 2. The highest BCUT2D eigenvalue weighted by Gasteiger charge is 2.37. The molecule has 0 saturated heterocycles. The number of nitrogens with one attached hydrogen (secondary N) is 1. The van der Waals surface area contributed by atoms with Crippen molar-refractivity contribution < 1.29 is 31.2 Å². The van der Waals surface area contributed by atoms with Gasteiger partial charge in [-0.25, -0.2) is 8.42 Å². The van der Waals surface area contributed by atoms with Gasteiger partial charge in [0.1, 0.15) is 12.6 Å². The number of hydrogen-bond donors (Lipinski definition) is 1. The molecule has 1 N–H and O–H groups in total. The normalized spacial score (nSPS) is 12.6. The smallest absolute Gasteiger partial charge is 0.354 e. The van der Waals surface area contributed by atoms with Gasteiger partial charge in [-0.15, -0.1) is 0 Å². The largest absolute Gasteiger partial charge is 0.417 e. The lowest BCUT2D eigenvalue weighted by atomic mass is 10.1. The topological polar surface area (TPSA) is 86.8 Å². The van der Waals surface area contributed by atoms with E-state index in [9.17, 15) is 31.2 Å². The molecular weight excluding hydrogens is 674 g/mol. The number of benzene rings is 3. The monoisotopic (exact) mass is 705 g/mol. The lowest BCUT2D eigenvalue weighted by Gasteiger charge is -2.33. The minimum Gasteiger partial charge on any atom is -0.354 e. The molecule has 0 aromatic heterocycles. The van der Waals surface area contributed by atoms with Crippen LogP contribution in [0.25, 0.3) is 0 Å². The maximum atomic E-state index is 14.2. The molecule has 0 saturated carbocycles. The molecule has 45 heavy (non-hydrogen) atoms. The van der Waals surface area contributed by atoms with Crippen molar-refractivity contribution in [3.8, 4) is 0 Å². The van der Waals surface area contributed by atoms with Crippen molar-refractivity contribution in [2.75, 3.05) is 17.4 Å². The van der Waals surface area contributed by atoms with E-state index >= 15 is 0 Å². The summed E-state index contributed by atoms with van der Waals surface area (Å²) in [5.74, 6) is -1.24. The molecule has 0 bridgehead atoms. The number of rotatable bonds is 12. The summed E-state index contributed by atoms with van der Waals surface area (Å²) in [6, 6.07) is 11.7. The Bertz CT molecular complexity index is 1640. The van der Waals surface area contributed by atoms with Gasteiger partial charge in [0.15, 0.2) is 0 Å². The van der Waals surface area contributed by atoms with Crippen LogP contribution in [0.2, 0.25) is 15.1 Å². The number of alkyl halides is 3. The first kappa shape index (κ1) is 36.5. The summed E-state index contributed by atoms with van der Waals surface area (Å²) in [5, 5.41) is 2.69. The molecule has 3 rings (SSSR count). The molecule has 0 radical (unpaired) electrons. The van der Waals surface area contributed by atoms with E-state index in [0.29, 0.717) is 27.5 Å². The van der Waals surface area contributed by atoms with Crippen molar-refractivity contribution in [2.45, 2.75) is 57.8 Å². The van der Waals surface area contributed by atoms with E-state index in [-0.39, 0.29) is 28.8 Å². The fraction of sp³-hybridized carbons (Fsp3) is 0.355. The number of nitrogens with zero attached hydrogens (tertiary/aromatic N) is 2. The van der Waals surface area contributed by atoms with Gasteiger partial charge in [-0.3, -0.25) is 13.9 Å². The summed E-state index contributed by atoms with van der Waals surface area (Å²) < 4.78 is 70.0. The summed E-state index contributed by atoms with van der Waals surface area (Å²) in [7, 11) is -4.60. The van der Waals surface area contributed by atoms with Crippen LogP contribution in [-0.2, 0) is 32.3 Å². The van der Waals surface area contributed by atoms with Crippen LogP contribution in [0.1, 0.15) is 43.9 Å². The molecule has 2 amide bonds. The maximum absolute atomic E-state index is 14.2. The highest BCUT2D eigenvalue weighted by molar-refractivity contribution is 7.92. The van der Waals surface area contributed by atoms with Crippen LogP contribution < -0.4 is 9.62 Å². The molecule has 3 aromatic carbocycles. The fourth-order valence-corrected chi connectivity index (χ4v) is 6.53. The summed E-state index contributed by atoms with van der Waals surface area (Å²) in [6.45, 7) is 6.38. The Hall–Kier alpha value is -2.99. The first-order valence-corrected chi connectivity index (χ1v) is 16.5. The van der Waals surface area contributed by atoms with E-state index in [4.69, 9.17) is 34.8 Å². The van der Waals surface area contributed by atoms with E-state index in [2.05, 4.69) is 5.32 Å². The van der Waals surface area contributed by atoms with Gasteiger partial charge in [0.05, 0.1) is 21.2 Å². The van der Waals surface area contributed by atoms with Crippen LogP contribution in [0.3, 0.4) is 0 Å². The van der Waals surface area contributed by atoms with Gasteiger partial charge in [0.2, 0.25) is 11.8 Å². The van der Waals surface area contributed by atoms with Crippen molar-refractivity contribution >= 4 is 62.3 Å². The Labute approximate surface area is 276 Å². The van der Waals surface area contributed by atoms with E-state index in [1.54, 1.807) is 26.0 Å². The second-order valence-electron chi connectivity index (χ2n) is 10.8. The van der Waals surface area contributed by atoms with Gasteiger partial charge in [-0.05, 0) is 67.3 Å². The molecule has 3 aromatic rings. The molecule has 0 spiro atoms. The third-order valence-corrected chi connectivity index (χ3v) is 9.56. The fourth-order valence-electron chi connectivity index (χ4n) is 4.43. The van der Waals surface area contributed by atoms with Gasteiger partial charge in [-0.1, -0.05) is 79.3 Å². The van der Waals surface area contributed by atoms with Gasteiger partial charge in [0, 0.05) is 23.1 Å². The second-order valence-corrected chi connectivity index (χ2v) is 13.9. The molecule has 0 heterocycles.